The third-order valence-corrected chi connectivity index (χ3v) is 4.67. The van der Waals surface area contributed by atoms with Crippen LogP contribution in [0.2, 0.25) is 0 Å². The van der Waals surface area contributed by atoms with Gasteiger partial charge in [-0.25, -0.2) is 15.0 Å². The van der Waals surface area contributed by atoms with Crippen LogP contribution in [-0.4, -0.2) is 19.5 Å². The number of aromatic nitrogens is 4. The Labute approximate surface area is 126 Å². The molecule has 3 aromatic rings. The molecule has 3 rings (SSSR count). The van der Waals surface area contributed by atoms with E-state index in [9.17, 15) is 0 Å². The molecule has 0 aliphatic heterocycles. The minimum absolute atomic E-state index is 0.325. The number of alkyl halides is 1. The first-order valence-electron chi connectivity index (χ1n) is 6.35. The number of thiazole rings is 1. The van der Waals surface area contributed by atoms with Gasteiger partial charge in [-0.15, -0.1) is 22.9 Å². The van der Waals surface area contributed by atoms with Crippen molar-refractivity contribution >= 4 is 34.1 Å². The third-order valence-electron chi connectivity index (χ3n) is 3.35. The molecule has 104 valence electrons. The van der Waals surface area contributed by atoms with E-state index in [1.54, 1.807) is 11.3 Å². The number of halogens is 1. The molecule has 0 aromatic carbocycles. The molecule has 0 saturated carbocycles. The molecule has 0 spiro atoms. The summed E-state index contributed by atoms with van der Waals surface area (Å²) in [6.45, 7) is 6.22. The lowest BCUT2D eigenvalue weighted by Crippen LogP contribution is -2.29. The number of imidazole rings is 1. The van der Waals surface area contributed by atoms with Crippen molar-refractivity contribution in [2.75, 3.05) is 0 Å². The molecular weight excluding hydrogens is 292 g/mol. The third kappa shape index (κ3) is 2.01. The summed E-state index contributed by atoms with van der Waals surface area (Å²) in [5, 5.41) is 3.00. The summed E-state index contributed by atoms with van der Waals surface area (Å²) in [5.74, 6) is 1.17. The zero-order chi connectivity index (χ0) is 14.3. The second-order valence-electron chi connectivity index (χ2n) is 5.19. The molecule has 0 unspecified atom stereocenters. The maximum Gasteiger partial charge on any atom is 0.161 e. The predicted octanol–water partition coefficient (Wildman–Crippen LogP) is 3.72. The summed E-state index contributed by atoms with van der Waals surface area (Å²) in [6, 6.07) is 3.95. The van der Waals surface area contributed by atoms with Gasteiger partial charge < -0.3 is 0 Å². The fraction of sp³-hybridized carbons (Fsp3) is 0.357. The van der Waals surface area contributed by atoms with E-state index in [0.29, 0.717) is 5.88 Å². The maximum atomic E-state index is 6.08. The first kappa shape index (κ1) is 13.5. The highest BCUT2D eigenvalue weighted by Crippen LogP contribution is 2.32. The van der Waals surface area contributed by atoms with E-state index in [1.165, 1.54) is 0 Å². The van der Waals surface area contributed by atoms with Crippen LogP contribution in [0.25, 0.3) is 11.2 Å². The molecule has 3 heterocycles. The van der Waals surface area contributed by atoms with E-state index >= 15 is 0 Å². The van der Waals surface area contributed by atoms with Gasteiger partial charge in [0.15, 0.2) is 5.65 Å². The number of nitrogens with zero attached hydrogens (tertiary/aromatic N) is 4. The van der Waals surface area contributed by atoms with E-state index in [-0.39, 0.29) is 5.54 Å². The van der Waals surface area contributed by atoms with Gasteiger partial charge in [0, 0.05) is 17.3 Å². The minimum atomic E-state index is -0.325. The largest absolute Gasteiger partial charge is 0.299 e. The summed E-state index contributed by atoms with van der Waals surface area (Å²) in [6.07, 6.45) is 1.82. The second kappa shape index (κ2) is 4.82. The molecule has 0 bridgehead atoms. The smallest absolute Gasteiger partial charge is 0.161 e. The Morgan fingerprint density at radius 3 is 2.75 bits per heavy atom. The highest BCUT2D eigenvalue weighted by atomic mass is 35.5. The summed E-state index contributed by atoms with van der Waals surface area (Å²) in [7, 11) is 0. The highest BCUT2D eigenvalue weighted by molar-refractivity contribution is 7.09. The number of fused-ring (bicyclic) bond motifs is 1. The molecule has 0 radical (unpaired) electrons. The lowest BCUT2D eigenvalue weighted by Gasteiger charge is -2.26. The van der Waals surface area contributed by atoms with Crippen molar-refractivity contribution in [3.8, 4) is 0 Å². The fourth-order valence-electron chi connectivity index (χ4n) is 2.40. The Morgan fingerprint density at radius 2 is 2.10 bits per heavy atom. The van der Waals surface area contributed by atoms with Gasteiger partial charge in [-0.05, 0) is 32.9 Å². The van der Waals surface area contributed by atoms with E-state index in [2.05, 4.69) is 33.4 Å². The van der Waals surface area contributed by atoms with Crippen molar-refractivity contribution in [2.45, 2.75) is 32.2 Å². The van der Waals surface area contributed by atoms with Crippen molar-refractivity contribution < 1.29 is 0 Å². The second-order valence-corrected chi connectivity index (χ2v) is 6.35. The van der Waals surface area contributed by atoms with E-state index < -0.39 is 0 Å². The zero-order valence-electron chi connectivity index (χ0n) is 11.6. The average Bonchev–Trinajstić information content (AvgIpc) is 3.05. The van der Waals surface area contributed by atoms with Gasteiger partial charge in [-0.1, -0.05) is 0 Å². The van der Waals surface area contributed by atoms with Crippen LogP contribution in [0, 0.1) is 6.92 Å². The Morgan fingerprint density at radius 1 is 1.30 bits per heavy atom. The average molecular weight is 307 g/mol. The number of aryl methyl sites for hydroxylation is 1. The normalized spacial score (nSPS) is 12.2. The van der Waals surface area contributed by atoms with Crippen LogP contribution < -0.4 is 0 Å². The van der Waals surface area contributed by atoms with Gasteiger partial charge in [0.25, 0.3) is 0 Å². The van der Waals surface area contributed by atoms with Crippen molar-refractivity contribution in [1.82, 2.24) is 19.5 Å². The lowest BCUT2D eigenvalue weighted by atomic mass is 10.1. The molecule has 0 saturated heterocycles. The summed E-state index contributed by atoms with van der Waals surface area (Å²) >= 11 is 7.71. The van der Waals surface area contributed by atoms with Crippen molar-refractivity contribution in [2.24, 2.45) is 0 Å². The molecule has 0 aliphatic rings. The van der Waals surface area contributed by atoms with Crippen LogP contribution in [0.5, 0.6) is 0 Å². The Kier molecular flexibility index (Phi) is 3.26. The van der Waals surface area contributed by atoms with E-state index in [1.807, 2.05) is 30.6 Å². The molecule has 6 heteroatoms. The Balaban J connectivity index is 2.31. The summed E-state index contributed by atoms with van der Waals surface area (Å²) in [4.78, 5) is 13.7. The van der Waals surface area contributed by atoms with Crippen LogP contribution >= 0.6 is 22.9 Å². The quantitative estimate of drug-likeness (QED) is 0.693. The molecule has 3 aromatic heterocycles. The minimum Gasteiger partial charge on any atom is -0.299 e. The van der Waals surface area contributed by atoms with Crippen LogP contribution in [-0.2, 0) is 11.4 Å². The number of hydrogen-bond donors (Lipinski definition) is 0. The number of pyridine rings is 1. The SMILES string of the molecule is Cc1ccc2nc(CCl)n(C(C)(C)c3nccs3)c2n1. The molecule has 0 atom stereocenters. The van der Waals surface area contributed by atoms with Gasteiger partial charge in [0.05, 0.1) is 11.4 Å². The van der Waals surface area contributed by atoms with Gasteiger partial charge >= 0.3 is 0 Å². The fourth-order valence-corrected chi connectivity index (χ4v) is 3.33. The van der Waals surface area contributed by atoms with Crippen molar-refractivity contribution in [3.63, 3.8) is 0 Å². The monoisotopic (exact) mass is 306 g/mol. The van der Waals surface area contributed by atoms with Gasteiger partial charge in [-0.3, -0.25) is 4.57 Å². The number of rotatable bonds is 3. The predicted molar refractivity (Wildman–Crippen MR) is 82.4 cm³/mol. The summed E-state index contributed by atoms with van der Waals surface area (Å²) in [5.41, 5.74) is 2.37. The molecule has 20 heavy (non-hydrogen) atoms. The van der Waals surface area contributed by atoms with Crippen LogP contribution in [0.3, 0.4) is 0 Å². The molecule has 0 aliphatic carbocycles. The number of hydrogen-bond acceptors (Lipinski definition) is 4. The van der Waals surface area contributed by atoms with E-state index in [4.69, 9.17) is 11.6 Å². The van der Waals surface area contributed by atoms with Crippen LogP contribution in [0.1, 0.15) is 30.4 Å². The maximum absolute atomic E-state index is 6.08. The topological polar surface area (TPSA) is 43.6 Å². The van der Waals surface area contributed by atoms with Crippen LogP contribution in [0.4, 0.5) is 0 Å². The Bertz CT molecular complexity index is 746. The van der Waals surface area contributed by atoms with Crippen molar-refractivity contribution in [1.29, 1.82) is 0 Å². The highest BCUT2D eigenvalue weighted by Gasteiger charge is 2.30. The molecule has 0 N–H and O–H groups in total. The van der Waals surface area contributed by atoms with Gasteiger partial charge in [0.1, 0.15) is 16.3 Å². The molecule has 0 amide bonds. The first-order chi connectivity index (χ1) is 9.54. The molecule has 4 nitrogen and oxygen atoms in total. The zero-order valence-corrected chi connectivity index (χ0v) is 13.2. The summed E-state index contributed by atoms with van der Waals surface area (Å²) < 4.78 is 2.10. The van der Waals surface area contributed by atoms with Crippen LogP contribution in [0.15, 0.2) is 23.7 Å². The standard InChI is InChI=1S/C14H15ClN4S/c1-9-4-5-10-12(17-9)19(11(8-15)18-10)14(2,3)13-16-6-7-20-13/h4-7H,8H2,1-3H3. The van der Waals surface area contributed by atoms with Gasteiger partial charge in [-0.2, -0.15) is 0 Å². The van der Waals surface area contributed by atoms with Gasteiger partial charge in [0.2, 0.25) is 0 Å². The molecular formula is C14H15ClN4S. The first-order valence-corrected chi connectivity index (χ1v) is 7.77. The van der Waals surface area contributed by atoms with E-state index in [0.717, 1.165) is 27.7 Å². The Hall–Kier alpha value is -1.46. The van der Waals surface area contributed by atoms with Crippen molar-refractivity contribution in [3.05, 3.63) is 40.2 Å². The lowest BCUT2D eigenvalue weighted by molar-refractivity contribution is 0.432. The molecule has 0 fully saturated rings.